The third kappa shape index (κ3) is 2.84. The van der Waals surface area contributed by atoms with Crippen molar-refractivity contribution in [2.75, 3.05) is 12.3 Å². The normalized spacial score (nSPS) is 24.9. The van der Waals surface area contributed by atoms with Gasteiger partial charge < -0.3 is 25.8 Å². The van der Waals surface area contributed by atoms with E-state index in [-0.39, 0.29) is 36.7 Å². The Kier molecular flexibility index (Phi) is 4.64. The van der Waals surface area contributed by atoms with E-state index in [9.17, 15) is 24.9 Å². The minimum atomic E-state index is -1.12. The highest BCUT2D eigenvalue weighted by molar-refractivity contribution is 5.71. The molecule has 6 N–H and O–H groups in total. The van der Waals surface area contributed by atoms with Crippen molar-refractivity contribution in [3.63, 3.8) is 0 Å². The molecular weight excluding hydrogens is 334 g/mol. The summed E-state index contributed by atoms with van der Waals surface area (Å²) in [7, 11) is 0. The largest absolute Gasteiger partial charge is 0.395 e. The van der Waals surface area contributed by atoms with Crippen molar-refractivity contribution >= 4 is 17.1 Å². The fourth-order valence-corrected chi connectivity index (χ4v) is 3.16. The van der Waals surface area contributed by atoms with Crippen molar-refractivity contribution in [3.8, 4) is 0 Å². The molecule has 2 aromatic heterocycles. The van der Waals surface area contributed by atoms with Gasteiger partial charge in [0.05, 0.1) is 25.4 Å². The van der Waals surface area contributed by atoms with E-state index in [0.717, 1.165) is 9.13 Å². The van der Waals surface area contributed by atoms with Gasteiger partial charge in [0.15, 0.2) is 17.4 Å². The highest BCUT2D eigenvalue weighted by Crippen LogP contribution is 2.32. The highest BCUT2D eigenvalue weighted by Gasteiger charge is 2.40. The van der Waals surface area contributed by atoms with E-state index in [4.69, 9.17) is 10.5 Å². The number of aromatic nitrogens is 4. The number of hydrogen-bond acceptors (Lipinski definition) is 8. The lowest BCUT2D eigenvalue weighted by molar-refractivity contribution is -0.0760. The molecule has 0 bridgehead atoms. The number of nitrogens with zero attached hydrogens (tertiary/aromatic N) is 3. The maximum absolute atomic E-state index is 12.7. The average molecular weight is 355 g/mol. The zero-order chi connectivity index (χ0) is 18.3. The minimum Gasteiger partial charge on any atom is -0.395 e. The van der Waals surface area contributed by atoms with Gasteiger partial charge in [-0.25, -0.2) is 9.36 Å². The second-order valence-corrected chi connectivity index (χ2v) is 5.99. The number of rotatable bonds is 5. The molecule has 1 aliphatic rings. The number of fused-ring (bicyclic) bond motifs is 1. The lowest BCUT2D eigenvalue weighted by Gasteiger charge is -2.18. The Balaban J connectivity index is 2.18. The molecule has 0 saturated carbocycles. The molecule has 25 heavy (non-hydrogen) atoms. The summed E-state index contributed by atoms with van der Waals surface area (Å²) in [4.78, 5) is 31.3. The number of nitrogens with one attached hydrogen (secondary N) is 1. The van der Waals surface area contributed by atoms with Crippen LogP contribution >= 0.6 is 0 Å². The molecule has 2 aromatic rings. The molecule has 0 spiro atoms. The molecule has 0 radical (unpaired) electrons. The number of aliphatic hydroxyl groups is 3. The molecule has 138 valence electrons. The molecule has 4 atom stereocenters. The molecule has 1 fully saturated rings. The number of imidazole rings is 1. The Hall–Kier alpha value is -2.21. The van der Waals surface area contributed by atoms with Crippen molar-refractivity contribution in [3.05, 3.63) is 20.8 Å². The summed E-state index contributed by atoms with van der Waals surface area (Å²) in [5, 5.41) is 29.4. The van der Waals surface area contributed by atoms with Gasteiger partial charge in [-0.15, -0.1) is 0 Å². The molecule has 11 nitrogen and oxygen atoms in total. The first-order valence-corrected chi connectivity index (χ1v) is 8.02. The van der Waals surface area contributed by atoms with Crippen LogP contribution in [-0.2, 0) is 11.3 Å². The molecule has 11 heteroatoms. The monoisotopic (exact) mass is 355 g/mol. The average Bonchev–Trinajstić information content (AvgIpc) is 3.05. The number of nitrogens with two attached hydrogens (primary N) is 1. The second kappa shape index (κ2) is 6.59. The molecule has 0 amide bonds. The molecule has 1 saturated heterocycles. The number of ether oxygens (including phenoxy) is 1. The number of aromatic amines is 1. The van der Waals surface area contributed by atoms with Crippen LogP contribution in [0.3, 0.4) is 0 Å². The zero-order valence-electron chi connectivity index (χ0n) is 13.6. The van der Waals surface area contributed by atoms with Gasteiger partial charge in [0.25, 0.3) is 5.56 Å². The fraction of sp³-hybridized carbons (Fsp3) is 0.643. The maximum atomic E-state index is 12.7. The molecule has 0 aromatic carbocycles. The number of nitrogen functional groups attached to an aromatic ring is 1. The van der Waals surface area contributed by atoms with Crippen molar-refractivity contribution in [1.29, 1.82) is 0 Å². The van der Waals surface area contributed by atoms with Crippen LogP contribution in [0.4, 0.5) is 5.95 Å². The predicted molar refractivity (Wildman–Crippen MR) is 86.9 cm³/mol. The Labute approximate surface area is 141 Å². The van der Waals surface area contributed by atoms with Crippen LogP contribution in [-0.4, -0.2) is 59.3 Å². The standard InChI is InChI=1S/C14H21N5O6/c1-2-6(21)8-5-7(22)12(25-8)19-10-9(11(23)17-13(15)16-10)18(3-4-20)14(19)24/h6-8,12,20-22H,2-5H2,1H3,(H3,15,16,17,23)/t6?,7-,8+,12-/m1/s1. The van der Waals surface area contributed by atoms with Gasteiger partial charge >= 0.3 is 5.69 Å². The van der Waals surface area contributed by atoms with Crippen LogP contribution in [0.1, 0.15) is 26.0 Å². The summed E-state index contributed by atoms with van der Waals surface area (Å²) in [5.41, 5.74) is 4.16. The molecule has 3 heterocycles. The number of anilines is 1. The Morgan fingerprint density at radius 2 is 2.20 bits per heavy atom. The van der Waals surface area contributed by atoms with E-state index >= 15 is 0 Å². The first-order valence-electron chi connectivity index (χ1n) is 8.02. The summed E-state index contributed by atoms with van der Waals surface area (Å²) < 4.78 is 7.77. The van der Waals surface area contributed by atoms with Gasteiger partial charge in [0, 0.05) is 6.42 Å². The smallest absolute Gasteiger partial charge is 0.332 e. The summed E-state index contributed by atoms with van der Waals surface area (Å²) in [6.45, 7) is 1.28. The summed E-state index contributed by atoms with van der Waals surface area (Å²) >= 11 is 0. The second-order valence-electron chi connectivity index (χ2n) is 5.99. The van der Waals surface area contributed by atoms with Crippen LogP contribution in [0, 0.1) is 0 Å². The van der Waals surface area contributed by atoms with Crippen LogP contribution in [0.15, 0.2) is 9.59 Å². The van der Waals surface area contributed by atoms with Gasteiger partial charge in [-0.2, -0.15) is 4.98 Å². The first-order chi connectivity index (χ1) is 11.9. The third-order valence-corrected chi connectivity index (χ3v) is 4.37. The van der Waals surface area contributed by atoms with Crippen LogP contribution in [0.25, 0.3) is 11.2 Å². The Morgan fingerprint density at radius 1 is 1.48 bits per heavy atom. The van der Waals surface area contributed by atoms with Crippen molar-refractivity contribution < 1.29 is 20.1 Å². The van der Waals surface area contributed by atoms with Crippen LogP contribution in [0.5, 0.6) is 0 Å². The molecule has 3 rings (SSSR count). The van der Waals surface area contributed by atoms with Crippen molar-refractivity contribution in [2.45, 2.75) is 50.8 Å². The van der Waals surface area contributed by atoms with Gasteiger partial charge in [0.2, 0.25) is 5.95 Å². The molecular formula is C14H21N5O6. The van der Waals surface area contributed by atoms with E-state index in [1.54, 1.807) is 6.92 Å². The first kappa shape index (κ1) is 17.6. The molecule has 1 aliphatic heterocycles. The lowest BCUT2D eigenvalue weighted by atomic mass is 10.1. The lowest BCUT2D eigenvalue weighted by Crippen LogP contribution is -2.33. The van der Waals surface area contributed by atoms with E-state index in [0.29, 0.717) is 6.42 Å². The van der Waals surface area contributed by atoms with E-state index in [1.165, 1.54) is 0 Å². The van der Waals surface area contributed by atoms with Gasteiger partial charge in [-0.05, 0) is 6.42 Å². The quantitative estimate of drug-likeness (QED) is 0.405. The molecule has 1 unspecified atom stereocenters. The van der Waals surface area contributed by atoms with Crippen molar-refractivity contribution in [1.82, 2.24) is 19.1 Å². The third-order valence-electron chi connectivity index (χ3n) is 4.37. The zero-order valence-corrected chi connectivity index (χ0v) is 13.6. The van der Waals surface area contributed by atoms with Gasteiger partial charge in [0.1, 0.15) is 6.10 Å². The number of aliphatic hydroxyl groups excluding tert-OH is 3. The Morgan fingerprint density at radius 3 is 2.84 bits per heavy atom. The summed E-state index contributed by atoms with van der Waals surface area (Å²) in [6, 6.07) is 0. The summed E-state index contributed by atoms with van der Waals surface area (Å²) in [6.07, 6.45) is -3.06. The van der Waals surface area contributed by atoms with E-state index in [2.05, 4.69) is 9.97 Å². The highest BCUT2D eigenvalue weighted by atomic mass is 16.5. The summed E-state index contributed by atoms with van der Waals surface area (Å²) in [5.74, 6) is -0.190. The van der Waals surface area contributed by atoms with E-state index in [1.807, 2.05) is 0 Å². The molecule has 0 aliphatic carbocycles. The van der Waals surface area contributed by atoms with E-state index < -0.39 is 35.8 Å². The fourth-order valence-electron chi connectivity index (χ4n) is 3.16. The van der Waals surface area contributed by atoms with Crippen LogP contribution < -0.4 is 17.0 Å². The Bertz CT molecular complexity index is 886. The number of hydrogen-bond donors (Lipinski definition) is 5. The maximum Gasteiger partial charge on any atom is 0.332 e. The SMILES string of the molecule is CCC(O)[C@@H]1C[C@@H](O)[C@H](n2c(=O)n(CCO)c3c(=O)[nH]c(N)nc32)O1. The van der Waals surface area contributed by atoms with Crippen molar-refractivity contribution in [2.24, 2.45) is 0 Å². The predicted octanol–water partition coefficient (Wildman–Crippen LogP) is -2.12. The van der Waals surface area contributed by atoms with Gasteiger partial charge in [-0.3, -0.25) is 14.3 Å². The topological polar surface area (TPSA) is 169 Å². The van der Waals surface area contributed by atoms with Gasteiger partial charge in [-0.1, -0.05) is 6.92 Å². The van der Waals surface area contributed by atoms with Crippen LogP contribution in [0.2, 0.25) is 0 Å². The number of H-pyrrole nitrogens is 1. The minimum absolute atomic E-state index is 0.0459.